The van der Waals surface area contributed by atoms with Gasteiger partial charge >= 0.3 is 18.9 Å². The van der Waals surface area contributed by atoms with E-state index in [9.17, 15) is 0 Å². The molecule has 2 nitrogen and oxygen atoms in total. The number of hydrogen-bond acceptors (Lipinski definition) is 2. The summed E-state index contributed by atoms with van der Waals surface area (Å²) in [6.07, 6.45) is 0. The van der Waals surface area contributed by atoms with Crippen molar-refractivity contribution in [3.05, 3.63) is 23.8 Å². The topological polar surface area (TPSA) is 18.5 Å². The van der Waals surface area contributed by atoms with Crippen LogP contribution in [0.4, 0.5) is 0 Å². The Morgan fingerprint density at radius 2 is 1.83 bits per heavy atom. The Labute approximate surface area is 85.1 Å². The Morgan fingerprint density at radius 3 is 2.25 bits per heavy atom. The van der Waals surface area contributed by atoms with E-state index in [1.807, 2.05) is 13.0 Å². The summed E-state index contributed by atoms with van der Waals surface area (Å²) in [7, 11) is 3.25. The van der Waals surface area contributed by atoms with Gasteiger partial charge in [-0.15, -0.1) is 11.6 Å². The number of benzene rings is 1. The predicted octanol–water partition coefficient (Wildman–Crippen LogP) is -1.18. The quantitative estimate of drug-likeness (QED) is 0.398. The maximum absolute atomic E-state index is 5.12. The third-order valence-corrected chi connectivity index (χ3v) is 1.52. The van der Waals surface area contributed by atoms with E-state index in [0.717, 1.165) is 17.1 Å². The molecule has 0 bridgehead atoms. The SMILES string of the molecule is COc1c[c-]cc(C)c1OC.[Li+]. The summed E-state index contributed by atoms with van der Waals surface area (Å²) in [5.41, 5.74) is 1.03. The molecule has 0 unspecified atom stereocenters. The van der Waals surface area contributed by atoms with E-state index in [1.54, 1.807) is 20.3 Å². The second-order valence-corrected chi connectivity index (χ2v) is 2.24. The fourth-order valence-electron chi connectivity index (χ4n) is 0.981. The molecule has 0 fully saturated rings. The molecule has 1 rings (SSSR count). The van der Waals surface area contributed by atoms with Gasteiger partial charge in [-0.25, -0.2) is 0 Å². The molecule has 0 saturated heterocycles. The van der Waals surface area contributed by atoms with Crippen molar-refractivity contribution in [3.63, 3.8) is 0 Å². The molecule has 60 valence electrons. The molecular formula is C9H11LiO2. The van der Waals surface area contributed by atoms with Crippen molar-refractivity contribution in [1.82, 2.24) is 0 Å². The molecule has 1 aromatic carbocycles. The van der Waals surface area contributed by atoms with Crippen LogP contribution < -0.4 is 28.3 Å². The van der Waals surface area contributed by atoms with Crippen LogP contribution in [0.2, 0.25) is 0 Å². The molecule has 3 heteroatoms. The van der Waals surface area contributed by atoms with Crippen LogP contribution in [0.15, 0.2) is 12.1 Å². The molecule has 0 saturated carbocycles. The molecule has 0 heterocycles. The van der Waals surface area contributed by atoms with Crippen molar-refractivity contribution < 1.29 is 28.3 Å². The van der Waals surface area contributed by atoms with Crippen LogP contribution in [0.25, 0.3) is 0 Å². The minimum absolute atomic E-state index is 0. The van der Waals surface area contributed by atoms with Gasteiger partial charge < -0.3 is 9.47 Å². The van der Waals surface area contributed by atoms with Crippen LogP contribution in [0, 0.1) is 13.0 Å². The molecule has 0 aromatic heterocycles. The van der Waals surface area contributed by atoms with Crippen LogP contribution in [0.5, 0.6) is 11.5 Å². The molecular weight excluding hydrogens is 147 g/mol. The van der Waals surface area contributed by atoms with Crippen LogP contribution in [0.3, 0.4) is 0 Å². The maximum Gasteiger partial charge on any atom is 1.00 e. The zero-order valence-electron chi connectivity index (χ0n) is 7.97. The number of ether oxygens (including phenoxy) is 2. The summed E-state index contributed by atoms with van der Waals surface area (Å²) in [6.45, 7) is 1.96. The first-order chi connectivity index (χ1) is 5.29. The minimum atomic E-state index is 0. The van der Waals surface area contributed by atoms with E-state index in [-0.39, 0.29) is 18.9 Å². The molecule has 1 aromatic rings. The average molecular weight is 158 g/mol. The second-order valence-electron chi connectivity index (χ2n) is 2.24. The van der Waals surface area contributed by atoms with Gasteiger partial charge in [-0.05, 0) is 0 Å². The molecule has 0 amide bonds. The first-order valence-electron chi connectivity index (χ1n) is 3.38. The van der Waals surface area contributed by atoms with Crippen molar-refractivity contribution in [2.24, 2.45) is 0 Å². The van der Waals surface area contributed by atoms with Gasteiger partial charge in [0.05, 0.1) is 20.0 Å². The van der Waals surface area contributed by atoms with Crippen molar-refractivity contribution in [2.45, 2.75) is 6.92 Å². The standard InChI is InChI=1S/C9H11O2.Li/c1-7-5-4-6-8(10-2)9(7)11-3;/h5-6H,1-3H3;/q-1;+1. The fraction of sp³-hybridized carbons (Fsp3) is 0.333. The summed E-state index contributed by atoms with van der Waals surface area (Å²) >= 11 is 0. The van der Waals surface area contributed by atoms with Crippen LogP contribution >= 0.6 is 0 Å². The van der Waals surface area contributed by atoms with E-state index in [1.165, 1.54) is 0 Å². The Bertz CT molecular complexity index is 248. The molecule has 12 heavy (non-hydrogen) atoms. The predicted molar refractivity (Wildman–Crippen MR) is 43.1 cm³/mol. The molecule has 0 aliphatic heterocycles. The molecule has 0 aliphatic rings. The molecule has 0 radical (unpaired) electrons. The van der Waals surface area contributed by atoms with Gasteiger partial charge in [0, 0.05) is 5.75 Å². The van der Waals surface area contributed by atoms with Crippen molar-refractivity contribution in [1.29, 1.82) is 0 Å². The zero-order chi connectivity index (χ0) is 8.27. The number of methoxy groups -OCH3 is 2. The average Bonchev–Trinajstić information content (AvgIpc) is 2.04. The van der Waals surface area contributed by atoms with Crippen molar-refractivity contribution in [2.75, 3.05) is 14.2 Å². The van der Waals surface area contributed by atoms with Gasteiger partial charge in [0.2, 0.25) is 0 Å². The fourth-order valence-corrected chi connectivity index (χ4v) is 0.981. The van der Waals surface area contributed by atoms with Crippen LogP contribution in [0.1, 0.15) is 5.56 Å². The van der Waals surface area contributed by atoms with Gasteiger partial charge in [0.1, 0.15) is 0 Å². The van der Waals surface area contributed by atoms with Gasteiger partial charge in [-0.2, -0.15) is 12.1 Å². The Morgan fingerprint density at radius 1 is 1.17 bits per heavy atom. The maximum atomic E-state index is 5.12. The molecule has 0 aliphatic carbocycles. The summed E-state index contributed by atoms with van der Waals surface area (Å²) < 4.78 is 10.2. The van der Waals surface area contributed by atoms with Gasteiger partial charge in [-0.1, -0.05) is 6.92 Å². The normalized spacial score (nSPS) is 8.58. The molecule has 0 atom stereocenters. The Balaban J connectivity index is 0.00000121. The van der Waals surface area contributed by atoms with Crippen LogP contribution in [-0.2, 0) is 0 Å². The van der Waals surface area contributed by atoms with Gasteiger partial charge in [0.25, 0.3) is 0 Å². The van der Waals surface area contributed by atoms with E-state index >= 15 is 0 Å². The largest absolute Gasteiger partial charge is 1.00 e. The zero-order valence-corrected chi connectivity index (χ0v) is 7.97. The molecule has 0 spiro atoms. The minimum Gasteiger partial charge on any atom is -0.551 e. The summed E-state index contributed by atoms with van der Waals surface area (Å²) in [5.74, 6) is 1.51. The monoisotopic (exact) mass is 158 g/mol. The van der Waals surface area contributed by atoms with Gasteiger partial charge in [-0.3, -0.25) is 0 Å². The summed E-state index contributed by atoms with van der Waals surface area (Å²) in [6, 6.07) is 6.57. The third kappa shape index (κ3) is 2.20. The van der Waals surface area contributed by atoms with Crippen LogP contribution in [-0.4, -0.2) is 14.2 Å². The molecule has 0 N–H and O–H groups in total. The summed E-state index contributed by atoms with van der Waals surface area (Å²) in [5, 5.41) is 0. The van der Waals surface area contributed by atoms with E-state index in [4.69, 9.17) is 9.47 Å². The van der Waals surface area contributed by atoms with Crippen molar-refractivity contribution in [3.8, 4) is 11.5 Å². The van der Waals surface area contributed by atoms with E-state index in [2.05, 4.69) is 6.07 Å². The second kappa shape index (κ2) is 5.13. The first kappa shape index (κ1) is 11.4. The summed E-state index contributed by atoms with van der Waals surface area (Å²) in [4.78, 5) is 0. The first-order valence-corrected chi connectivity index (χ1v) is 3.38. The Hall–Kier alpha value is -0.583. The number of hydrogen-bond donors (Lipinski definition) is 0. The number of aryl methyl sites for hydroxylation is 1. The number of rotatable bonds is 2. The van der Waals surface area contributed by atoms with E-state index in [0.29, 0.717) is 0 Å². The third-order valence-electron chi connectivity index (χ3n) is 1.52. The van der Waals surface area contributed by atoms with Crippen molar-refractivity contribution >= 4 is 0 Å². The smallest absolute Gasteiger partial charge is 0.551 e. The van der Waals surface area contributed by atoms with Gasteiger partial charge in [0.15, 0.2) is 0 Å². The van der Waals surface area contributed by atoms with E-state index < -0.39 is 0 Å². The Kier molecular flexibility index (Phi) is 4.88.